The maximum Gasteiger partial charge on any atom is 0.325 e. The van der Waals surface area contributed by atoms with Crippen molar-refractivity contribution in [1.82, 2.24) is 5.32 Å². The second kappa shape index (κ2) is 2.21. The molecule has 58 valence electrons. The smallest absolute Gasteiger partial charge is 0.325 e. The lowest BCUT2D eigenvalue weighted by Crippen LogP contribution is -2.49. The molecule has 2 unspecified atom stereocenters. The number of carboxylic acid groups (broad SMARTS) is 1. The Morgan fingerprint density at radius 3 is 2.70 bits per heavy atom. The lowest BCUT2D eigenvalue weighted by Gasteiger charge is -2.15. The molecule has 1 rings (SSSR count). The second-order valence-corrected chi connectivity index (χ2v) is 2.95. The Kier molecular flexibility index (Phi) is 1.66. The van der Waals surface area contributed by atoms with E-state index in [2.05, 4.69) is 5.32 Å². The minimum Gasteiger partial charge on any atom is -0.480 e. The Morgan fingerprint density at radius 2 is 2.50 bits per heavy atom. The largest absolute Gasteiger partial charge is 0.480 e. The van der Waals surface area contributed by atoms with Crippen LogP contribution in [0.15, 0.2) is 0 Å². The van der Waals surface area contributed by atoms with Crippen LogP contribution in [0.3, 0.4) is 0 Å². The molecule has 0 bridgehead atoms. The molecule has 4 nitrogen and oxygen atoms in total. The summed E-state index contributed by atoms with van der Waals surface area (Å²) < 4.78 is 0. The molecule has 0 radical (unpaired) electrons. The van der Waals surface area contributed by atoms with Crippen LogP contribution < -0.4 is 11.1 Å². The van der Waals surface area contributed by atoms with Crippen molar-refractivity contribution in [2.24, 2.45) is 5.73 Å². The van der Waals surface area contributed by atoms with E-state index in [4.69, 9.17) is 10.8 Å². The first-order valence-electron chi connectivity index (χ1n) is 3.30. The lowest BCUT2D eigenvalue weighted by atomic mass is 9.98. The summed E-state index contributed by atoms with van der Waals surface area (Å²) in [6.07, 6.45) is 0.516. The standard InChI is InChI=1S/C6H12N2O2/c1-4-2-6(7,3-8-4)5(9)10/h4,8H,2-3,7H2,1H3,(H,9,10). The van der Waals surface area contributed by atoms with E-state index in [1.807, 2.05) is 6.92 Å². The fourth-order valence-electron chi connectivity index (χ4n) is 1.21. The molecule has 4 heteroatoms. The van der Waals surface area contributed by atoms with Gasteiger partial charge < -0.3 is 16.2 Å². The number of hydrogen-bond donors (Lipinski definition) is 3. The van der Waals surface area contributed by atoms with Gasteiger partial charge >= 0.3 is 5.97 Å². The summed E-state index contributed by atoms with van der Waals surface area (Å²) in [4.78, 5) is 10.5. The Balaban J connectivity index is 2.63. The molecule has 1 heterocycles. The van der Waals surface area contributed by atoms with Gasteiger partial charge in [0.05, 0.1) is 0 Å². The molecule has 1 saturated heterocycles. The average Bonchev–Trinajstić information content (AvgIpc) is 2.13. The molecule has 1 aliphatic rings. The monoisotopic (exact) mass is 144 g/mol. The minimum absolute atomic E-state index is 0.223. The van der Waals surface area contributed by atoms with Gasteiger partial charge in [-0.15, -0.1) is 0 Å². The Morgan fingerprint density at radius 1 is 1.90 bits per heavy atom. The number of aliphatic carboxylic acids is 1. The fraction of sp³-hybridized carbons (Fsp3) is 0.833. The zero-order valence-electron chi connectivity index (χ0n) is 5.92. The first-order chi connectivity index (χ1) is 4.54. The van der Waals surface area contributed by atoms with E-state index in [0.29, 0.717) is 13.0 Å². The molecule has 0 aliphatic carbocycles. The highest BCUT2D eigenvalue weighted by molar-refractivity contribution is 5.79. The summed E-state index contributed by atoms with van der Waals surface area (Å²) in [6.45, 7) is 2.31. The van der Waals surface area contributed by atoms with Crippen molar-refractivity contribution in [2.75, 3.05) is 6.54 Å². The quantitative estimate of drug-likeness (QED) is 0.448. The van der Waals surface area contributed by atoms with E-state index in [1.165, 1.54) is 0 Å². The van der Waals surface area contributed by atoms with E-state index in [0.717, 1.165) is 0 Å². The molecule has 0 aromatic carbocycles. The highest BCUT2D eigenvalue weighted by Gasteiger charge is 2.40. The summed E-state index contributed by atoms with van der Waals surface area (Å²) in [5.74, 6) is -0.913. The van der Waals surface area contributed by atoms with Gasteiger partial charge in [-0.05, 0) is 13.3 Å². The van der Waals surface area contributed by atoms with E-state index in [9.17, 15) is 4.79 Å². The summed E-state index contributed by atoms with van der Waals surface area (Å²) in [5, 5.41) is 11.6. The Hall–Kier alpha value is -0.610. The number of nitrogens with one attached hydrogen (secondary N) is 1. The van der Waals surface area contributed by atoms with Crippen LogP contribution in [0.2, 0.25) is 0 Å². The Labute approximate surface area is 59.4 Å². The molecule has 1 fully saturated rings. The van der Waals surface area contributed by atoms with Crippen molar-refractivity contribution in [3.8, 4) is 0 Å². The normalized spacial score (nSPS) is 40.0. The average molecular weight is 144 g/mol. The molecule has 4 N–H and O–H groups in total. The van der Waals surface area contributed by atoms with Gasteiger partial charge in [-0.25, -0.2) is 0 Å². The maximum atomic E-state index is 10.5. The lowest BCUT2D eigenvalue weighted by molar-refractivity contribution is -0.142. The van der Waals surface area contributed by atoms with Gasteiger partial charge in [0.2, 0.25) is 0 Å². The van der Waals surface area contributed by atoms with Gasteiger partial charge in [-0.1, -0.05) is 0 Å². The predicted octanol–water partition coefficient (Wildman–Crippen LogP) is -0.850. The summed E-state index contributed by atoms with van der Waals surface area (Å²) in [7, 11) is 0. The predicted molar refractivity (Wildman–Crippen MR) is 36.6 cm³/mol. The molecule has 0 saturated carbocycles. The van der Waals surface area contributed by atoms with Crippen LogP contribution in [0, 0.1) is 0 Å². The van der Waals surface area contributed by atoms with Crippen molar-refractivity contribution in [3.63, 3.8) is 0 Å². The van der Waals surface area contributed by atoms with Crippen LogP contribution in [0.4, 0.5) is 0 Å². The third kappa shape index (κ3) is 1.12. The molecule has 2 atom stereocenters. The van der Waals surface area contributed by atoms with Gasteiger partial charge in [-0.2, -0.15) is 0 Å². The van der Waals surface area contributed by atoms with Crippen molar-refractivity contribution in [1.29, 1.82) is 0 Å². The molecule has 0 spiro atoms. The van der Waals surface area contributed by atoms with Gasteiger partial charge in [0, 0.05) is 12.6 Å². The maximum absolute atomic E-state index is 10.5. The highest BCUT2D eigenvalue weighted by Crippen LogP contribution is 2.15. The number of carboxylic acids is 1. The highest BCUT2D eigenvalue weighted by atomic mass is 16.4. The van der Waals surface area contributed by atoms with Gasteiger partial charge in [-0.3, -0.25) is 4.79 Å². The number of rotatable bonds is 1. The van der Waals surface area contributed by atoms with Crippen molar-refractivity contribution < 1.29 is 9.90 Å². The molecule has 0 aromatic heterocycles. The number of hydrogen-bond acceptors (Lipinski definition) is 3. The topological polar surface area (TPSA) is 75.4 Å². The Bertz CT molecular complexity index is 160. The van der Waals surface area contributed by atoms with Gasteiger partial charge in [0.15, 0.2) is 0 Å². The molecule has 10 heavy (non-hydrogen) atoms. The van der Waals surface area contributed by atoms with E-state index < -0.39 is 11.5 Å². The number of nitrogens with two attached hydrogens (primary N) is 1. The van der Waals surface area contributed by atoms with Crippen LogP contribution >= 0.6 is 0 Å². The van der Waals surface area contributed by atoms with Crippen LogP contribution in [-0.4, -0.2) is 29.2 Å². The van der Waals surface area contributed by atoms with Gasteiger partial charge in [0.25, 0.3) is 0 Å². The fourth-order valence-corrected chi connectivity index (χ4v) is 1.21. The van der Waals surface area contributed by atoms with Crippen molar-refractivity contribution in [2.45, 2.75) is 24.9 Å². The van der Waals surface area contributed by atoms with Crippen LogP contribution in [-0.2, 0) is 4.79 Å². The first kappa shape index (κ1) is 7.50. The van der Waals surface area contributed by atoms with E-state index >= 15 is 0 Å². The minimum atomic E-state index is -1.03. The molecule has 0 aromatic rings. The van der Waals surface area contributed by atoms with Crippen molar-refractivity contribution in [3.05, 3.63) is 0 Å². The number of carbonyl (C=O) groups is 1. The summed E-state index contributed by atoms with van der Waals surface area (Å²) >= 11 is 0. The third-order valence-electron chi connectivity index (χ3n) is 1.86. The van der Waals surface area contributed by atoms with Crippen molar-refractivity contribution >= 4 is 5.97 Å². The van der Waals surface area contributed by atoms with Crippen LogP contribution in [0.5, 0.6) is 0 Å². The third-order valence-corrected chi connectivity index (χ3v) is 1.86. The second-order valence-electron chi connectivity index (χ2n) is 2.95. The molecule has 0 amide bonds. The molecule has 1 aliphatic heterocycles. The zero-order chi connectivity index (χ0) is 7.78. The van der Waals surface area contributed by atoms with Crippen LogP contribution in [0.25, 0.3) is 0 Å². The van der Waals surface area contributed by atoms with Crippen LogP contribution in [0.1, 0.15) is 13.3 Å². The van der Waals surface area contributed by atoms with E-state index in [-0.39, 0.29) is 6.04 Å². The van der Waals surface area contributed by atoms with Gasteiger partial charge in [0.1, 0.15) is 5.54 Å². The molecular formula is C6H12N2O2. The van der Waals surface area contributed by atoms with E-state index in [1.54, 1.807) is 0 Å². The first-order valence-corrected chi connectivity index (χ1v) is 3.30. The molecular weight excluding hydrogens is 132 g/mol. The summed E-state index contributed by atoms with van der Waals surface area (Å²) in [5.41, 5.74) is 4.50. The SMILES string of the molecule is CC1CC(N)(C(=O)O)CN1. The zero-order valence-corrected chi connectivity index (χ0v) is 5.92. The summed E-state index contributed by atoms with van der Waals surface area (Å²) in [6, 6.07) is 0.223.